The predicted molar refractivity (Wildman–Crippen MR) is 87.6 cm³/mol. The van der Waals surface area contributed by atoms with Gasteiger partial charge in [-0.25, -0.2) is 4.98 Å². The van der Waals surface area contributed by atoms with Crippen LogP contribution in [0.25, 0.3) is 0 Å². The van der Waals surface area contributed by atoms with Gasteiger partial charge in [-0.15, -0.1) is 0 Å². The van der Waals surface area contributed by atoms with E-state index in [-0.39, 0.29) is 0 Å². The van der Waals surface area contributed by atoms with Gasteiger partial charge in [-0.3, -0.25) is 0 Å². The summed E-state index contributed by atoms with van der Waals surface area (Å²) in [6.07, 6.45) is 5.47. The van der Waals surface area contributed by atoms with Crippen molar-refractivity contribution in [2.24, 2.45) is 11.8 Å². The Bertz CT molecular complexity index is 628. The van der Waals surface area contributed by atoms with Crippen molar-refractivity contribution in [3.8, 4) is 11.6 Å². The number of para-hydroxylation sites is 1. The third kappa shape index (κ3) is 3.29. The first kappa shape index (κ1) is 14.5. The predicted octanol–water partition coefficient (Wildman–Crippen LogP) is 3.50. The van der Waals surface area contributed by atoms with E-state index in [2.05, 4.69) is 15.3 Å². The summed E-state index contributed by atoms with van der Waals surface area (Å²) >= 11 is 0. The SMILES string of the molecule is c1ccc(Oc2ccnc(NC3C4CCCC3COC4)n2)cc1. The summed E-state index contributed by atoms with van der Waals surface area (Å²) in [6, 6.07) is 11.9. The fraction of sp³-hybridized carbons (Fsp3) is 0.444. The zero-order valence-corrected chi connectivity index (χ0v) is 13.0. The van der Waals surface area contributed by atoms with Crippen LogP contribution >= 0.6 is 0 Å². The van der Waals surface area contributed by atoms with E-state index in [1.807, 2.05) is 30.3 Å². The molecule has 2 aromatic rings. The van der Waals surface area contributed by atoms with Gasteiger partial charge in [-0.05, 0) is 25.0 Å². The van der Waals surface area contributed by atoms with Crippen molar-refractivity contribution >= 4 is 5.95 Å². The van der Waals surface area contributed by atoms with Crippen molar-refractivity contribution in [3.05, 3.63) is 42.6 Å². The quantitative estimate of drug-likeness (QED) is 0.936. The average Bonchev–Trinajstić information content (AvgIpc) is 2.56. The topological polar surface area (TPSA) is 56.3 Å². The third-order valence-electron chi connectivity index (χ3n) is 4.72. The molecule has 5 nitrogen and oxygen atoms in total. The molecule has 23 heavy (non-hydrogen) atoms. The molecule has 2 unspecified atom stereocenters. The molecule has 2 atom stereocenters. The summed E-state index contributed by atoms with van der Waals surface area (Å²) in [5.41, 5.74) is 0. The van der Waals surface area contributed by atoms with Gasteiger partial charge in [0.1, 0.15) is 5.75 Å². The molecule has 1 aromatic carbocycles. The van der Waals surface area contributed by atoms with Gasteiger partial charge in [-0.1, -0.05) is 24.6 Å². The number of nitrogens with one attached hydrogen (secondary N) is 1. The van der Waals surface area contributed by atoms with E-state index < -0.39 is 0 Å². The second kappa shape index (κ2) is 6.54. The lowest BCUT2D eigenvalue weighted by molar-refractivity contribution is -0.0194. The van der Waals surface area contributed by atoms with Crippen molar-refractivity contribution in [2.75, 3.05) is 18.5 Å². The van der Waals surface area contributed by atoms with Crippen molar-refractivity contribution in [2.45, 2.75) is 25.3 Å². The van der Waals surface area contributed by atoms with Crippen molar-refractivity contribution in [1.29, 1.82) is 0 Å². The molecule has 1 saturated heterocycles. The molecule has 2 bridgehead atoms. The summed E-state index contributed by atoms with van der Waals surface area (Å²) in [5, 5.41) is 3.53. The van der Waals surface area contributed by atoms with Crippen molar-refractivity contribution < 1.29 is 9.47 Å². The first-order valence-corrected chi connectivity index (χ1v) is 8.29. The molecule has 1 N–H and O–H groups in total. The summed E-state index contributed by atoms with van der Waals surface area (Å²) in [5.74, 6) is 3.10. The number of rotatable bonds is 4. The Kier molecular flexibility index (Phi) is 4.11. The number of ether oxygens (including phenoxy) is 2. The Morgan fingerprint density at radius 2 is 1.83 bits per heavy atom. The van der Waals surface area contributed by atoms with E-state index in [0.717, 1.165) is 19.0 Å². The van der Waals surface area contributed by atoms with Crippen LogP contribution in [0.5, 0.6) is 11.6 Å². The number of anilines is 1. The van der Waals surface area contributed by atoms with E-state index in [1.54, 1.807) is 12.3 Å². The highest BCUT2D eigenvalue weighted by Gasteiger charge is 2.37. The highest BCUT2D eigenvalue weighted by molar-refractivity contribution is 5.33. The summed E-state index contributed by atoms with van der Waals surface area (Å²) < 4.78 is 11.5. The highest BCUT2D eigenvalue weighted by atomic mass is 16.5. The smallest absolute Gasteiger partial charge is 0.226 e. The Morgan fingerprint density at radius 1 is 1.04 bits per heavy atom. The lowest BCUT2D eigenvalue weighted by Gasteiger charge is -2.42. The van der Waals surface area contributed by atoms with Crippen molar-refractivity contribution in [1.82, 2.24) is 9.97 Å². The van der Waals surface area contributed by atoms with Gasteiger partial charge in [0.15, 0.2) is 0 Å². The van der Waals surface area contributed by atoms with Crippen LogP contribution in [0.4, 0.5) is 5.95 Å². The second-order valence-corrected chi connectivity index (χ2v) is 6.29. The van der Waals surface area contributed by atoms with E-state index in [9.17, 15) is 0 Å². The van der Waals surface area contributed by atoms with Crippen molar-refractivity contribution in [3.63, 3.8) is 0 Å². The molecule has 1 saturated carbocycles. The number of hydrogen-bond donors (Lipinski definition) is 1. The van der Waals surface area contributed by atoms with Crippen LogP contribution in [-0.2, 0) is 4.74 Å². The summed E-state index contributed by atoms with van der Waals surface area (Å²) in [4.78, 5) is 8.86. The second-order valence-electron chi connectivity index (χ2n) is 6.29. The van der Waals surface area contributed by atoms with Gasteiger partial charge < -0.3 is 14.8 Å². The van der Waals surface area contributed by atoms with Crippen LogP contribution < -0.4 is 10.1 Å². The van der Waals surface area contributed by atoms with Gasteiger partial charge in [0.2, 0.25) is 11.8 Å². The standard InChI is InChI=1S/C18H21N3O2/c1-2-7-15(8-3-1)23-16-9-10-19-18(20-16)21-17-13-5-4-6-14(17)12-22-11-13/h1-3,7-10,13-14,17H,4-6,11-12H2,(H,19,20,21). The maximum absolute atomic E-state index is 5.79. The zero-order chi connectivity index (χ0) is 15.5. The molecule has 0 radical (unpaired) electrons. The van der Waals surface area contributed by atoms with Gasteiger partial charge in [0.25, 0.3) is 0 Å². The Balaban J connectivity index is 1.48. The van der Waals surface area contributed by atoms with E-state index in [1.165, 1.54) is 19.3 Å². The molecule has 120 valence electrons. The Morgan fingerprint density at radius 3 is 2.61 bits per heavy atom. The van der Waals surface area contributed by atoms with E-state index in [0.29, 0.717) is 29.7 Å². The van der Waals surface area contributed by atoms with Gasteiger partial charge in [0.05, 0.1) is 13.2 Å². The van der Waals surface area contributed by atoms with Gasteiger partial charge in [0, 0.05) is 30.1 Å². The first-order valence-electron chi connectivity index (χ1n) is 8.29. The molecular weight excluding hydrogens is 290 g/mol. The molecular formula is C18H21N3O2. The molecule has 0 amide bonds. The maximum atomic E-state index is 5.79. The number of hydrogen-bond acceptors (Lipinski definition) is 5. The van der Waals surface area contributed by atoms with Crippen LogP contribution in [0.1, 0.15) is 19.3 Å². The van der Waals surface area contributed by atoms with Crippen LogP contribution in [0.2, 0.25) is 0 Å². The molecule has 1 aliphatic carbocycles. The fourth-order valence-electron chi connectivity index (χ4n) is 3.59. The third-order valence-corrected chi connectivity index (χ3v) is 4.72. The number of fused-ring (bicyclic) bond motifs is 2. The Labute approximate surface area is 136 Å². The van der Waals surface area contributed by atoms with E-state index >= 15 is 0 Å². The zero-order valence-electron chi connectivity index (χ0n) is 13.0. The average molecular weight is 311 g/mol. The molecule has 1 aliphatic heterocycles. The molecule has 2 heterocycles. The number of aromatic nitrogens is 2. The van der Waals surface area contributed by atoms with E-state index in [4.69, 9.17) is 9.47 Å². The highest BCUT2D eigenvalue weighted by Crippen LogP contribution is 2.35. The number of nitrogens with zero attached hydrogens (tertiary/aromatic N) is 2. The lowest BCUT2D eigenvalue weighted by Crippen LogP contribution is -2.48. The largest absolute Gasteiger partial charge is 0.439 e. The van der Waals surface area contributed by atoms with Crippen LogP contribution in [-0.4, -0.2) is 29.2 Å². The molecule has 5 heteroatoms. The van der Waals surface area contributed by atoms with Crippen LogP contribution in [0.3, 0.4) is 0 Å². The van der Waals surface area contributed by atoms with Crippen LogP contribution in [0.15, 0.2) is 42.6 Å². The lowest BCUT2D eigenvalue weighted by atomic mass is 9.76. The normalized spacial score (nSPS) is 26.5. The van der Waals surface area contributed by atoms with Gasteiger partial charge >= 0.3 is 0 Å². The minimum absolute atomic E-state index is 0.407. The monoisotopic (exact) mass is 311 g/mol. The Hall–Kier alpha value is -2.14. The molecule has 1 aromatic heterocycles. The first-order chi connectivity index (χ1) is 11.4. The molecule has 4 rings (SSSR count). The minimum atomic E-state index is 0.407. The van der Waals surface area contributed by atoms with Crippen LogP contribution in [0, 0.1) is 11.8 Å². The summed E-state index contributed by atoms with van der Waals surface area (Å²) in [7, 11) is 0. The molecule has 0 spiro atoms. The number of benzene rings is 1. The summed E-state index contributed by atoms with van der Waals surface area (Å²) in [6.45, 7) is 1.68. The van der Waals surface area contributed by atoms with Gasteiger partial charge in [-0.2, -0.15) is 4.98 Å². The fourth-order valence-corrected chi connectivity index (χ4v) is 3.59. The molecule has 2 fully saturated rings. The minimum Gasteiger partial charge on any atom is -0.439 e. The molecule has 2 aliphatic rings. The maximum Gasteiger partial charge on any atom is 0.226 e.